The quantitative estimate of drug-likeness (QED) is 0.741. The molecule has 0 radical (unpaired) electrons. The van der Waals surface area contributed by atoms with Crippen molar-refractivity contribution in [2.75, 3.05) is 18.5 Å². The first-order chi connectivity index (χ1) is 6.66. The summed E-state index contributed by atoms with van der Waals surface area (Å²) in [6.45, 7) is 1.00. The number of hydrogen-bond acceptors (Lipinski definition) is 2. The Hall–Kier alpha value is -1.23. The second kappa shape index (κ2) is 3.49. The first-order valence-corrected chi connectivity index (χ1v) is 4.15. The largest absolute Gasteiger partial charge is 0.377 e. The second-order valence-electron chi connectivity index (χ2n) is 3.13. The lowest BCUT2D eigenvalue weighted by Gasteiger charge is -2.27. The molecule has 1 heterocycles. The van der Waals surface area contributed by atoms with Gasteiger partial charge in [-0.25, -0.2) is 13.2 Å². The van der Waals surface area contributed by atoms with Crippen LogP contribution in [0.15, 0.2) is 12.1 Å². The van der Waals surface area contributed by atoms with E-state index in [1.54, 1.807) is 0 Å². The molecule has 0 saturated carbocycles. The van der Waals surface area contributed by atoms with Crippen LogP contribution in [0.25, 0.3) is 0 Å². The molecule has 1 fully saturated rings. The average molecular weight is 203 g/mol. The first-order valence-electron chi connectivity index (χ1n) is 4.15. The Kier molecular flexibility index (Phi) is 2.33. The SMILES string of the molecule is Fc1cc(NC2COC2)cc(F)c1F. The summed E-state index contributed by atoms with van der Waals surface area (Å²) in [7, 11) is 0. The van der Waals surface area contributed by atoms with Gasteiger partial charge in [-0.1, -0.05) is 0 Å². The molecular weight excluding hydrogens is 195 g/mol. The minimum atomic E-state index is -1.44. The summed E-state index contributed by atoms with van der Waals surface area (Å²) in [4.78, 5) is 0. The Balaban J connectivity index is 2.17. The maximum Gasteiger partial charge on any atom is 0.194 e. The van der Waals surface area contributed by atoms with Crippen molar-refractivity contribution in [3.8, 4) is 0 Å². The van der Waals surface area contributed by atoms with Crippen molar-refractivity contribution in [3.05, 3.63) is 29.6 Å². The van der Waals surface area contributed by atoms with E-state index < -0.39 is 17.5 Å². The van der Waals surface area contributed by atoms with Gasteiger partial charge in [-0.15, -0.1) is 0 Å². The van der Waals surface area contributed by atoms with Crippen LogP contribution in [-0.4, -0.2) is 19.3 Å². The molecule has 5 heteroatoms. The first kappa shape index (κ1) is 9.33. The zero-order valence-corrected chi connectivity index (χ0v) is 7.19. The molecule has 0 bridgehead atoms. The Morgan fingerprint density at radius 2 is 1.71 bits per heavy atom. The molecule has 0 atom stereocenters. The van der Waals surface area contributed by atoms with Gasteiger partial charge in [0.25, 0.3) is 0 Å². The van der Waals surface area contributed by atoms with E-state index in [1.807, 2.05) is 0 Å². The highest BCUT2D eigenvalue weighted by atomic mass is 19.2. The van der Waals surface area contributed by atoms with Crippen LogP contribution >= 0.6 is 0 Å². The number of hydrogen-bond donors (Lipinski definition) is 1. The maximum absolute atomic E-state index is 12.7. The highest BCUT2D eigenvalue weighted by molar-refractivity contribution is 5.45. The van der Waals surface area contributed by atoms with Crippen LogP contribution in [0, 0.1) is 17.5 Å². The fourth-order valence-electron chi connectivity index (χ4n) is 1.19. The summed E-state index contributed by atoms with van der Waals surface area (Å²) in [5.41, 5.74) is 0.231. The van der Waals surface area contributed by atoms with Gasteiger partial charge in [-0.3, -0.25) is 0 Å². The third kappa shape index (κ3) is 1.68. The monoisotopic (exact) mass is 203 g/mol. The van der Waals surface area contributed by atoms with Crippen LogP contribution in [0.1, 0.15) is 0 Å². The van der Waals surface area contributed by atoms with E-state index in [0.717, 1.165) is 12.1 Å². The van der Waals surface area contributed by atoms with E-state index in [4.69, 9.17) is 4.74 Å². The molecule has 0 amide bonds. The topological polar surface area (TPSA) is 21.3 Å². The second-order valence-corrected chi connectivity index (χ2v) is 3.13. The van der Waals surface area contributed by atoms with Crippen molar-refractivity contribution in [2.45, 2.75) is 6.04 Å². The fraction of sp³-hybridized carbons (Fsp3) is 0.333. The number of nitrogens with one attached hydrogen (secondary N) is 1. The van der Waals surface area contributed by atoms with Crippen molar-refractivity contribution >= 4 is 5.69 Å². The Morgan fingerprint density at radius 3 is 2.14 bits per heavy atom. The van der Waals surface area contributed by atoms with Gasteiger partial charge in [0.15, 0.2) is 17.5 Å². The molecule has 1 aliphatic rings. The summed E-state index contributed by atoms with van der Waals surface area (Å²) in [6, 6.07) is 1.91. The van der Waals surface area contributed by atoms with Gasteiger partial charge < -0.3 is 10.1 Å². The highest BCUT2D eigenvalue weighted by Crippen LogP contribution is 2.19. The van der Waals surface area contributed by atoms with Crippen molar-refractivity contribution in [1.29, 1.82) is 0 Å². The Bertz CT molecular complexity index is 329. The molecule has 1 aliphatic heterocycles. The molecular formula is C9H8F3NO. The van der Waals surface area contributed by atoms with Gasteiger partial charge >= 0.3 is 0 Å². The van der Waals surface area contributed by atoms with E-state index in [2.05, 4.69) is 5.32 Å². The van der Waals surface area contributed by atoms with Crippen molar-refractivity contribution in [2.24, 2.45) is 0 Å². The molecule has 0 spiro atoms. The number of halogens is 3. The van der Waals surface area contributed by atoms with Gasteiger partial charge in [-0.2, -0.15) is 0 Å². The standard InChI is InChI=1S/C9H8F3NO/c10-7-1-5(2-8(11)9(7)12)13-6-3-14-4-6/h1-2,6,13H,3-4H2. The van der Waals surface area contributed by atoms with E-state index in [1.165, 1.54) is 0 Å². The molecule has 0 aromatic heterocycles. The van der Waals surface area contributed by atoms with Crippen molar-refractivity contribution < 1.29 is 17.9 Å². The van der Waals surface area contributed by atoms with E-state index in [9.17, 15) is 13.2 Å². The van der Waals surface area contributed by atoms with E-state index in [-0.39, 0.29) is 11.7 Å². The van der Waals surface area contributed by atoms with Crippen LogP contribution in [0.5, 0.6) is 0 Å². The number of anilines is 1. The van der Waals surface area contributed by atoms with Crippen LogP contribution in [0.4, 0.5) is 18.9 Å². The Labute approximate surface area is 78.7 Å². The van der Waals surface area contributed by atoms with Gasteiger partial charge in [0.1, 0.15) is 0 Å². The van der Waals surface area contributed by atoms with Crippen LogP contribution in [-0.2, 0) is 4.74 Å². The fourth-order valence-corrected chi connectivity index (χ4v) is 1.19. The zero-order valence-electron chi connectivity index (χ0n) is 7.19. The summed E-state index contributed by atoms with van der Waals surface area (Å²) in [5.74, 6) is -3.82. The number of ether oxygens (including phenoxy) is 1. The van der Waals surface area contributed by atoms with Gasteiger partial charge in [-0.05, 0) is 0 Å². The third-order valence-electron chi connectivity index (χ3n) is 1.99. The molecule has 1 aromatic rings. The molecule has 2 rings (SSSR count). The van der Waals surface area contributed by atoms with Gasteiger partial charge in [0, 0.05) is 17.8 Å². The number of benzene rings is 1. The lowest BCUT2D eigenvalue weighted by atomic mass is 10.2. The Morgan fingerprint density at radius 1 is 1.14 bits per heavy atom. The van der Waals surface area contributed by atoms with Crippen molar-refractivity contribution in [3.63, 3.8) is 0 Å². The molecule has 76 valence electrons. The smallest absolute Gasteiger partial charge is 0.194 e. The highest BCUT2D eigenvalue weighted by Gasteiger charge is 2.19. The van der Waals surface area contributed by atoms with Crippen LogP contribution in [0.3, 0.4) is 0 Å². The minimum Gasteiger partial charge on any atom is -0.377 e. The van der Waals surface area contributed by atoms with E-state index >= 15 is 0 Å². The van der Waals surface area contributed by atoms with Crippen molar-refractivity contribution in [1.82, 2.24) is 0 Å². The minimum absolute atomic E-state index is 0.0549. The molecule has 0 unspecified atom stereocenters. The molecule has 14 heavy (non-hydrogen) atoms. The maximum atomic E-state index is 12.7. The van der Waals surface area contributed by atoms with Crippen LogP contribution in [0.2, 0.25) is 0 Å². The van der Waals surface area contributed by atoms with Gasteiger partial charge in [0.2, 0.25) is 0 Å². The summed E-state index contributed by atoms with van der Waals surface area (Å²) in [5, 5.41) is 2.82. The molecule has 2 nitrogen and oxygen atoms in total. The lowest BCUT2D eigenvalue weighted by Crippen LogP contribution is -2.40. The predicted octanol–water partition coefficient (Wildman–Crippen LogP) is 1.91. The molecule has 1 aromatic carbocycles. The third-order valence-corrected chi connectivity index (χ3v) is 1.99. The summed E-state index contributed by atoms with van der Waals surface area (Å²) in [6.07, 6.45) is 0. The normalized spacial score (nSPS) is 16.5. The zero-order chi connectivity index (χ0) is 10.1. The average Bonchev–Trinajstić information content (AvgIpc) is 2.07. The van der Waals surface area contributed by atoms with E-state index in [0.29, 0.717) is 13.2 Å². The summed E-state index contributed by atoms with van der Waals surface area (Å²) >= 11 is 0. The molecule has 0 aliphatic carbocycles. The molecule has 1 N–H and O–H groups in total. The number of rotatable bonds is 2. The predicted molar refractivity (Wildman–Crippen MR) is 44.5 cm³/mol. The lowest BCUT2D eigenvalue weighted by molar-refractivity contribution is 0.0211. The van der Waals surface area contributed by atoms with Gasteiger partial charge in [0.05, 0.1) is 19.3 Å². The van der Waals surface area contributed by atoms with Crippen LogP contribution < -0.4 is 5.32 Å². The molecule has 1 saturated heterocycles. The summed E-state index contributed by atoms with van der Waals surface area (Å²) < 4.78 is 42.9.